The summed E-state index contributed by atoms with van der Waals surface area (Å²) < 4.78 is 5.46. The zero-order valence-corrected chi connectivity index (χ0v) is 12.9. The second-order valence-corrected chi connectivity index (χ2v) is 5.54. The molecule has 5 heteroatoms. The van der Waals surface area contributed by atoms with Crippen LogP contribution in [0.3, 0.4) is 0 Å². The number of hydrogen-bond donors (Lipinski definition) is 2. The van der Waals surface area contributed by atoms with Crippen molar-refractivity contribution in [2.75, 3.05) is 25.1 Å². The van der Waals surface area contributed by atoms with Gasteiger partial charge in [-0.2, -0.15) is 0 Å². The summed E-state index contributed by atoms with van der Waals surface area (Å²) in [4.78, 5) is 5.10. The van der Waals surface area contributed by atoms with E-state index in [9.17, 15) is 0 Å². The molecule has 1 heterocycles. The van der Waals surface area contributed by atoms with Gasteiger partial charge in [-0.1, -0.05) is 19.1 Å². The Labute approximate surface area is 126 Å². The number of hydrogen-bond acceptors (Lipinski definition) is 4. The van der Waals surface area contributed by atoms with Crippen LogP contribution in [0.2, 0.25) is 0 Å². The number of pyridine rings is 1. The van der Waals surface area contributed by atoms with Gasteiger partial charge in [0.2, 0.25) is 0 Å². The molecule has 3 N–H and O–H groups in total. The summed E-state index contributed by atoms with van der Waals surface area (Å²) in [6.07, 6.45) is 5.33. The van der Waals surface area contributed by atoms with Gasteiger partial charge in [0.05, 0.1) is 5.56 Å². The number of anilines is 1. The first-order valence-corrected chi connectivity index (χ1v) is 7.77. The Balaban J connectivity index is 1.94. The maximum atomic E-state index is 5.81. The van der Waals surface area contributed by atoms with E-state index in [4.69, 9.17) is 22.7 Å². The zero-order valence-electron chi connectivity index (χ0n) is 12.1. The van der Waals surface area contributed by atoms with Crippen LogP contribution in [0.5, 0.6) is 0 Å². The molecule has 1 aromatic heterocycles. The Morgan fingerprint density at radius 1 is 1.45 bits per heavy atom. The van der Waals surface area contributed by atoms with Gasteiger partial charge in [0.1, 0.15) is 10.8 Å². The Morgan fingerprint density at radius 3 is 3.05 bits per heavy atom. The van der Waals surface area contributed by atoms with Crippen LogP contribution < -0.4 is 11.1 Å². The first kappa shape index (κ1) is 15.2. The number of nitrogens with one attached hydrogen (secondary N) is 1. The predicted molar refractivity (Wildman–Crippen MR) is 86.4 cm³/mol. The molecular formula is C15H23N3OS. The van der Waals surface area contributed by atoms with Crippen molar-refractivity contribution >= 4 is 23.0 Å². The molecule has 0 saturated heterocycles. The average Bonchev–Trinajstić information content (AvgIpc) is 2.88. The number of fused-ring (bicyclic) bond motifs is 1. The molecule has 1 aliphatic carbocycles. The van der Waals surface area contributed by atoms with Crippen molar-refractivity contribution in [2.45, 2.75) is 39.0 Å². The van der Waals surface area contributed by atoms with E-state index >= 15 is 0 Å². The second kappa shape index (κ2) is 7.55. The van der Waals surface area contributed by atoms with Gasteiger partial charge in [0, 0.05) is 25.5 Å². The molecule has 110 valence electrons. The number of nitrogens with zero attached hydrogens (tertiary/aromatic N) is 1. The van der Waals surface area contributed by atoms with Gasteiger partial charge in [-0.3, -0.25) is 0 Å². The molecule has 0 spiro atoms. The minimum Gasteiger partial charge on any atom is -0.389 e. The molecule has 0 bridgehead atoms. The Kier molecular flexibility index (Phi) is 5.73. The molecular weight excluding hydrogens is 270 g/mol. The van der Waals surface area contributed by atoms with Gasteiger partial charge < -0.3 is 15.8 Å². The maximum Gasteiger partial charge on any atom is 0.136 e. The summed E-state index contributed by atoms with van der Waals surface area (Å²) in [6, 6.07) is 2.10. The Bertz CT molecular complexity index is 476. The van der Waals surface area contributed by atoms with E-state index in [0.29, 0.717) is 4.99 Å². The summed E-state index contributed by atoms with van der Waals surface area (Å²) in [5.41, 5.74) is 9.16. The van der Waals surface area contributed by atoms with Crippen LogP contribution in [-0.2, 0) is 17.6 Å². The van der Waals surface area contributed by atoms with E-state index in [1.807, 2.05) is 0 Å². The molecule has 0 fully saturated rings. The standard InChI is InChI=1S/C15H23N3OS/c1-2-8-19-9-4-7-17-15-12(14(16)20)10-11-5-3-6-13(11)18-15/h10H,2-9H2,1H3,(H2,16,20)(H,17,18). The van der Waals surface area contributed by atoms with Crippen molar-refractivity contribution in [3.8, 4) is 0 Å². The highest BCUT2D eigenvalue weighted by molar-refractivity contribution is 7.80. The van der Waals surface area contributed by atoms with Crippen LogP contribution in [0.4, 0.5) is 5.82 Å². The van der Waals surface area contributed by atoms with Crippen molar-refractivity contribution in [1.29, 1.82) is 0 Å². The van der Waals surface area contributed by atoms with Crippen LogP contribution in [0.25, 0.3) is 0 Å². The number of nitrogens with two attached hydrogens (primary N) is 1. The predicted octanol–water partition coefficient (Wildman–Crippen LogP) is 2.43. The summed E-state index contributed by atoms with van der Waals surface area (Å²) in [5, 5.41) is 3.34. The molecule has 2 rings (SSSR count). The molecule has 0 atom stereocenters. The van der Waals surface area contributed by atoms with Crippen molar-refractivity contribution < 1.29 is 4.74 Å². The van der Waals surface area contributed by atoms with Crippen molar-refractivity contribution in [3.05, 3.63) is 22.9 Å². The lowest BCUT2D eigenvalue weighted by Gasteiger charge is -2.12. The molecule has 0 aromatic carbocycles. The van der Waals surface area contributed by atoms with Gasteiger partial charge in [0.15, 0.2) is 0 Å². The van der Waals surface area contributed by atoms with Gasteiger partial charge in [-0.15, -0.1) is 0 Å². The first-order valence-electron chi connectivity index (χ1n) is 7.36. The van der Waals surface area contributed by atoms with Crippen LogP contribution in [0.15, 0.2) is 6.07 Å². The van der Waals surface area contributed by atoms with E-state index in [1.165, 1.54) is 17.7 Å². The number of rotatable bonds is 8. The maximum absolute atomic E-state index is 5.81. The highest BCUT2D eigenvalue weighted by Gasteiger charge is 2.17. The van der Waals surface area contributed by atoms with Crippen molar-refractivity contribution in [2.24, 2.45) is 5.73 Å². The third kappa shape index (κ3) is 3.90. The molecule has 1 aliphatic rings. The average molecular weight is 293 g/mol. The van der Waals surface area contributed by atoms with Crippen molar-refractivity contribution in [1.82, 2.24) is 4.98 Å². The highest BCUT2D eigenvalue weighted by Crippen LogP contribution is 2.25. The molecule has 20 heavy (non-hydrogen) atoms. The van der Waals surface area contributed by atoms with Crippen LogP contribution >= 0.6 is 12.2 Å². The molecule has 0 aliphatic heterocycles. The summed E-state index contributed by atoms with van der Waals surface area (Å²) in [5.74, 6) is 0.827. The lowest BCUT2D eigenvalue weighted by atomic mass is 10.1. The van der Waals surface area contributed by atoms with Crippen LogP contribution in [0.1, 0.15) is 43.0 Å². The lowest BCUT2D eigenvalue weighted by molar-refractivity contribution is 0.134. The fourth-order valence-corrected chi connectivity index (χ4v) is 2.58. The van der Waals surface area contributed by atoms with E-state index in [0.717, 1.165) is 56.8 Å². The fraction of sp³-hybridized carbons (Fsp3) is 0.600. The number of thiocarbonyl (C=S) groups is 1. The van der Waals surface area contributed by atoms with Gasteiger partial charge in [-0.05, 0) is 43.7 Å². The lowest BCUT2D eigenvalue weighted by Crippen LogP contribution is -2.17. The molecule has 0 saturated carbocycles. The third-order valence-electron chi connectivity index (χ3n) is 3.42. The molecule has 4 nitrogen and oxygen atoms in total. The molecule has 0 radical (unpaired) electrons. The second-order valence-electron chi connectivity index (χ2n) is 5.10. The van der Waals surface area contributed by atoms with Crippen LogP contribution in [-0.4, -0.2) is 29.7 Å². The van der Waals surface area contributed by atoms with Crippen LogP contribution in [0, 0.1) is 0 Å². The zero-order chi connectivity index (χ0) is 14.4. The fourth-order valence-electron chi connectivity index (χ4n) is 2.42. The Morgan fingerprint density at radius 2 is 2.30 bits per heavy atom. The summed E-state index contributed by atoms with van der Waals surface area (Å²) >= 11 is 5.13. The summed E-state index contributed by atoms with van der Waals surface area (Å²) in [6.45, 7) is 4.54. The molecule has 0 unspecified atom stereocenters. The summed E-state index contributed by atoms with van der Waals surface area (Å²) in [7, 11) is 0. The van der Waals surface area contributed by atoms with E-state index < -0.39 is 0 Å². The van der Waals surface area contributed by atoms with Gasteiger partial charge in [0.25, 0.3) is 0 Å². The van der Waals surface area contributed by atoms with Crippen molar-refractivity contribution in [3.63, 3.8) is 0 Å². The minimum atomic E-state index is 0.414. The molecule has 0 amide bonds. The molecule has 1 aromatic rings. The number of ether oxygens (including phenoxy) is 1. The minimum absolute atomic E-state index is 0.414. The highest BCUT2D eigenvalue weighted by atomic mass is 32.1. The SMILES string of the molecule is CCCOCCCNc1nc2c(cc1C(N)=S)CCC2. The van der Waals surface area contributed by atoms with E-state index in [1.54, 1.807) is 0 Å². The number of aryl methyl sites for hydroxylation is 2. The van der Waals surface area contributed by atoms with E-state index in [-0.39, 0.29) is 0 Å². The Hall–Kier alpha value is -1.20. The monoisotopic (exact) mass is 293 g/mol. The largest absolute Gasteiger partial charge is 0.389 e. The van der Waals surface area contributed by atoms with E-state index in [2.05, 4.69) is 23.3 Å². The third-order valence-corrected chi connectivity index (χ3v) is 3.64. The quantitative estimate of drug-likeness (QED) is 0.569. The topological polar surface area (TPSA) is 60.2 Å². The number of aromatic nitrogens is 1. The van der Waals surface area contributed by atoms with Gasteiger partial charge in [-0.25, -0.2) is 4.98 Å². The smallest absolute Gasteiger partial charge is 0.136 e. The first-order chi connectivity index (χ1) is 9.72. The normalized spacial score (nSPS) is 13.2. The van der Waals surface area contributed by atoms with Gasteiger partial charge >= 0.3 is 0 Å².